The Morgan fingerprint density at radius 3 is 2.36 bits per heavy atom. The van der Waals surface area contributed by atoms with Crippen LogP contribution in [0.3, 0.4) is 0 Å². The molecule has 1 saturated heterocycles. The molecular formula is C20H24ClN3O. The van der Waals surface area contributed by atoms with E-state index in [-0.39, 0.29) is 5.91 Å². The van der Waals surface area contributed by atoms with Gasteiger partial charge < -0.3 is 5.32 Å². The monoisotopic (exact) mass is 357 g/mol. The first-order valence-corrected chi connectivity index (χ1v) is 9.07. The van der Waals surface area contributed by atoms with E-state index in [0.717, 1.165) is 26.2 Å². The molecule has 1 fully saturated rings. The van der Waals surface area contributed by atoms with Gasteiger partial charge in [0.25, 0.3) is 0 Å². The average Bonchev–Trinajstić information content (AvgIpc) is 2.64. The number of carbonyl (C=O) groups is 1. The molecule has 0 radical (unpaired) electrons. The highest BCUT2D eigenvalue weighted by atomic mass is 35.5. The van der Waals surface area contributed by atoms with Gasteiger partial charge in [0.2, 0.25) is 5.91 Å². The predicted octanol–water partition coefficient (Wildman–Crippen LogP) is 3.66. The number of para-hydroxylation sites is 1. The van der Waals surface area contributed by atoms with Crippen LogP contribution in [0.4, 0.5) is 5.69 Å². The lowest BCUT2D eigenvalue weighted by atomic mass is 10.1. The minimum Gasteiger partial charge on any atom is -0.324 e. The Balaban J connectivity index is 1.48. The van der Waals surface area contributed by atoms with E-state index in [1.54, 1.807) is 6.07 Å². The molecule has 4 nitrogen and oxygen atoms in total. The SMILES string of the molecule is C[C@H](c1ccccc1)N1CCN(CC(=O)Nc2ccccc2Cl)CC1. The summed E-state index contributed by atoms with van der Waals surface area (Å²) in [6, 6.07) is 18.3. The van der Waals surface area contributed by atoms with Gasteiger partial charge in [0.15, 0.2) is 0 Å². The first-order valence-electron chi connectivity index (χ1n) is 8.69. The van der Waals surface area contributed by atoms with Gasteiger partial charge in [0.1, 0.15) is 0 Å². The zero-order chi connectivity index (χ0) is 17.6. The summed E-state index contributed by atoms with van der Waals surface area (Å²) >= 11 is 6.09. The number of hydrogen-bond acceptors (Lipinski definition) is 3. The summed E-state index contributed by atoms with van der Waals surface area (Å²) in [5.41, 5.74) is 2.01. The molecule has 0 unspecified atom stereocenters. The van der Waals surface area contributed by atoms with Crippen LogP contribution >= 0.6 is 11.6 Å². The Morgan fingerprint density at radius 1 is 1.04 bits per heavy atom. The van der Waals surface area contributed by atoms with Gasteiger partial charge in [0, 0.05) is 32.2 Å². The fourth-order valence-electron chi connectivity index (χ4n) is 3.21. The maximum absolute atomic E-state index is 12.2. The molecule has 0 saturated carbocycles. The van der Waals surface area contributed by atoms with Crippen molar-refractivity contribution in [1.82, 2.24) is 9.80 Å². The lowest BCUT2D eigenvalue weighted by molar-refractivity contribution is -0.117. The van der Waals surface area contributed by atoms with Crippen molar-refractivity contribution in [3.8, 4) is 0 Å². The lowest BCUT2D eigenvalue weighted by Gasteiger charge is -2.38. The molecule has 0 bridgehead atoms. The largest absolute Gasteiger partial charge is 0.324 e. The Labute approximate surface area is 154 Å². The predicted molar refractivity (Wildman–Crippen MR) is 103 cm³/mol. The zero-order valence-corrected chi connectivity index (χ0v) is 15.2. The van der Waals surface area contributed by atoms with Gasteiger partial charge in [-0.05, 0) is 24.6 Å². The molecule has 132 valence electrons. The standard InChI is InChI=1S/C20H24ClN3O/c1-16(17-7-3-2-4-8-17)24-13-11-23(12-14-24)15-20(25)22-19-10-6-5-9-18(19)21/h2-10,16H,11-15H2,1H3,(H,22,25)/t16-/m1/s1. The van der Waals surface area contributed by atoms with Gasteiger partial charge in [-0.25, -0.2) is 0 Å². The number of halogens is 1. The smallest absolute Gasteiger partial charge is 0.238 e. The molecule has 1 aliphatic heterocycles. The molecule has 1 aliphatic rings. The normalized spacial score (nSPS) is 17.2. The Bertz CT molecular complexity index is 699. The third-order valence-electron chi connectivity index (χ3n) is 4.75. The number of nitrogens with one attached hydrogen (secondary N) is 1. The number of nitrogens with zero attached hydrogens (tertiary/aromatic N) is 2. The van der Waals surface area contributed by atoms with Crippen molar-refractivity contribution >= 4 is 23.2 Å². The van der Waals surface area contributed by atoms with Crippen LogP contribution in [0.5, 0.6) is 0 Å². The van der Waals surface area contributed by atoms with E-state index < -0.39 is 0 Å². The van der Waals surface area contributed by atoms with Crippen molar-refractivity contribution in [3.63, 3.8) is 0 Å². The second-order valence-electron chi connectivity index (χ2n) is 6.43. The molecule has 1 N–H and O–H groups in total. The average molecular weight is 358 g/mol. The number of rotatable bonds is 5. The molecule has 25 heavy (non-hydrogen) atoms. The van der Waals surface area contributed by atoms with Gasteiger partial charge in [-0.1, -0.05) is 54.1 Å². The molecule has 1 atom stereocenters. The van der Waals surface area contributed by atoms with Gasteiger partial charge in [-0.3, -0.25) is 14.6 Å². The topological polar surface area (TPSA) is 35.6 Å². The second-order valence-corrected chi connectivity index (χ2v) is 6.83. The molecule has 0 aromatic heterocycles. The molecule has 0 aliphatic carbocycles. The Hall–Kier alpha value is -1.88. The van der Waals surface area contributed by atoms with E-state index in [1.807, 2.05) is 24.3 Å². The van der Waals surface area contributed by atoms with E-state index >= 15 is 0 Å². The second kappa shape index (κ2) is 8.48. The first kappa shape index (κ1) is 17.9. The van der Waals surface area contributed by atoms with Crippen molar-refractivity contribution in [2.24, 2.45) is 0 Å². The van der Waals surface area contributed by atoms with Crippen LogP contribution in [0, 0.1) is 0 Å². The van der Waals surface area contributed by atoms with Gasteiger partial charge in [-0.2, -0.15) is 0 Å². The van der Waals surface area contributed by atoms with Crippen LogP contribution in [0.15, 0.2) is 54.6 Å². The summed E-state index contributed by atoms with van der Waals surface area (Å²) in [6.45, 7) is 6.37. The van der Waals surface area contributed by atoms with Crippen LogP contribution < -0.4 is 5.32 Å². The maximum Gasteiger partial charge on any atom is 0.238 e. The third-order valence-corrected chi connectivity index (χ3v) is 5.08. The third kappa shape index (κ3) is 4.82. The number of piperazine rings is 1. The van der Waals surface area contributed by atoms with Gasteiger partial charge in [0.05, 0.1) is 17.3 Å². The zero-order valence-electron chi connectivity index (χ0n) is 14.5. The summed E-state index contributed by atoms with van der Waals surface area (Å²) in [7, 11) is 0. The van der Waals surface area contributed by atoms with E-state index in [4.69, 9.17) is 11.6 Å². The summed E-state index contributed by atoms with van der Waals surface area (Å²) in [4.78, 5) is 16.9. The van der Waals surface area contributed by atoms with E-state index in [1.165, 1.54) is 5.56 Å². The van der Waals surface area contributed by atoms with E-state index in [0.29, 0.717) is 23.3 Å². The summed E-state index contributed by atoms with van der Waals surface area (Å²) in [6.07, 6.45) is 0. The van der Waals surface area contributed by atoms with Crippen molar-refractivity contribution in [3.05, 3.63) is 65.2 Å². The van der Waals surface area contributed by atoms with Crippen molar-refractivity contribution in [2.45, 2.75) is 13.0 Å². The molecule has 3 rings (SSSR count). The number of amides is 1. The van der Waals surface area contributed by atoms with Gasteiger partial charge in [-0.15, -0.1) is 0 Å². The quantitative estimate of drug-likeness (QED) is 0.887. The van der Waals surface area contributed by atoms with Crippen LogP contribution in [0.1, 0.15) is 18.5 Å². The molecule has 1 amide bonds. The number of carbonyl (C=O) groups excluding carboxylic acids is 1. The highest BCUT2D eigenvalue weighted by Crippen LogP contribution is 2.22. The number of hydrogen-bond donors (Lipinski definition) is 1. The Kier molecular flexibility index (Phi) is 6.08. The number of anilines is 1. The summed E-state index contributed by atoms with van der Waals surface area (Å²) < 4.78 is 0. The van der Waals surface area contributed by atoms with Crippen LogP contribution in [-0.2, 0) is 4.79 Å². The highest BCUT2D eigenvalue weighted by Gasteiger charge is 2.23. The van der Waals surface area contributed by atoms with Crippen LogP contribution in [0.25, 0.3) is 0 Å². The molecule has 5 heteroatoms. The minimum absolute atomic E-state index is 0.0161. The lowest BCUT2D eigenvalue weighted by Crippen LogP contribution is -2.49. The fraction of sp³-hybridized carbons (Fsp3) is 0.350. The highest BCUT2D eigenvalue weighted by molar-refractivity contribution is 6.33. The molecule has 1 heterocycles. The fourth-order valence-corrected chi connectivity index (χ4v) is 3.39. The maximum atomic E-state index is 12.2. The number of benzene rings is 2. The minimum atomic E-state index is -0.0161. The van der Waals surface area contributed by atoms with Crippen LogP contribution in [0.2, 0.25) is 5.02 Å². The molecular weight excluding hydrogens is 334 g/mol. The van der Waals surface area contributed by atoms with Crippen molar-refractivity contribution in [2.75, 3.05) is 38.0 Å². The Morgan fingerprint density at radius 2 is 1.68 bits per heavy atom. The van der Waals surface area contributed by atoms with Crippen molar-refractivity contribution < 1.29 is 4.79 Å². The molecule has 2 aromatic carbocycles. The summed E-state index contributed by atoms with van der Waals surface area (Å²) in [5.74, 6) is -0.0161. The van der Waals surface area contributed by atoms with Gasteiger partial charge >= 0.3 is 0 Å². The van der Waals surface area contributed by atoms with Crippen LogP contribution in [-0.4, -0.2) is 48.4 Å². The molecule has 0 spiro atoms. The van der Waals surface area contributed by atoms with Crippen molar-refractivity contribution in [1.29, 1.82) is 0 Å². The van der Waals surface area contributed by atoms with E-state index in [2.05, 4.69) is 46.3 Å². The summed E-state index contributed by atoms with van der Waals surface area (Å²) in [5, 5.41) is 3.46. The first-order chi connectivity index (χ1) is 12.1. The van der Waals surface area contributed by atoms with E-state index in [9.17, 15) is 4.79 Å². The molecule has 2 aromatic rings.